The summed E-state index contributed by atoms with van der Waals surface area (Å²) in [6.07, 6.45) is 0. The van der Waals surface area contributed by atoms with Crippen LogP contribution in [0.4, 0.5) is 10.1 Å². The Balaban J connectivity index is 2.48. The van der Waals surface area contributed by atoms with Gasteiger partial charge in [-0.1, -0.05) is 0 Å². The van der Waals surface area contributed by atoms with Gasteiger partial charge in [-0.15, -0.1) is 11.3 Å². The molecule has 112 valence electrons. The van der Waals surface area contributed by atoms with E-state index < -0.39 is 21.8 Å². The van der Waals surface area contributed by atoms with Gasteiger partial charge in [-0.3, -0.25) is 4.72 Å². The third kappa shape index (κ3) is 3.22. The minimum Gasteiger partial charge on any atom is -0.477 e. The highest BCUT2D eigenvalue weighted by atomic mass is 32.2. The van der Waals surface area contributed by atoms with Crippen LogP contribution in [-0.2, 0) is 10.0 Å². The second-order valence-corrected chi connectivity index (χ2v) is 7.00. The Kier molecular flexibility index (Phi) is 4.02. The largest absolute Gasteiger partial charge is 0.477 e. The van der Waals surface area contributed by atoms with E-state index in [4.69, 9.17) is 5.11 Å². The first-order chi connectivity index (χ1) is 9.70. The first kappa shape index (κ1) is 15.5. The first-order valence-corrected chi connectivity index (χ1v) is 8.18. The normalized spacial score (nSPS) is 11.4. The lowest BCUT2D eigenvalue weighted by Gasteiger charge is -2.10. The minimum absolute atomic E-state index is 0.0504. The number of thiophene rings is 1. The fourth-order valence-corrected chi connectivity index (χ4v) is 4.59. The molecule has 0 saturated carbocycles. The van der Waals surface area contributed by atoms with Crippen LogP contribution in [0.2, 0.25) is 0 Å². The summed E-state index contributed by atoms with van der Waals surface area (Å²) < 4.78 is 40.2. The number of benzene rings is 1. The highest BCUT2D eigenvalue weighted by Crippen LogP contribution is 2.29. The zero-order valence-electron chi connectivity index (χ0n) is 11.2. The Morgan fingerprint density at radius 2 is 1.95 bits per heavy atom. The number of rotatable bonds is 4. The second-order valence-electron chi connectivity index (χ2n) is 4.50. The van der Waals surface area contributed by atoms with Gasteiger partial charge in [0.25, 0.3) is 10.0 Å². The summed E-state index contributed by atoms with van der Waals surface area (Å²) in [5.74, 6) is -1.89. The van der Waals surface area contributed by atoms with Gasteiger partial charge in [0.2, 0.25) is 0 Å². The summed E-state index contributed by atoms with van der Waals surface area (Å²) in [4.78, 5) is 10.5. The van der Waals surface area contributed by atoms with E-state index in [0.29, 0.717) is 11.1 Å². The molecule has 2 rings (SSSR count). The highest BCUT2D eigenvalue weighted by Gasteiger charge is 2.27. The Bertz CT molecular complexity index is 791. The molecule has 0 spiro atoms. The Hall–Kier alpha value is -1.93. The molecule has 1 aromatic carbocycles. The predicted molar refractivity (Wildman–Crippen MR) is 78.0 cm³/mol. The van der Waals surface area contributed by atoms with Crippen LogP contribution in [-0.4, -0.2) is 19.5 Å². The van der Waals surface area contributed by atoms with E-state index >= 15 is 0 Å². The molecule has 2 N–H and O–H groups in total. The molecule has 0 atom stereocenters. The molecule has 0 aliphatic rings. The van der Waals surface area contributed by atoms with E-state index in [1.807, 2.05) is 0 Å². The number of carboxylic acid groups (broad SMARTS) is 1. The maximum absolute atomic E-state index is 13.3. The van der Waals surface area contributed by atoms with E-state index in [0.717, 1.165) is 17.4 Å². The number of nitrogens with one attached hydrogen (secondary N) is 1. The van der Waals surface area contributed by atoms with Gasteiger partial charge < -0.3 is 5.11 Å². The van der Waals surface area contributed by atoms with E-state index in [2.05, 4.69) is 4.72 Å². The third-order valence-corrected chi connectivity index (χ3v) is 5.46. The van der Waals surface area contributed by atoms with Crippen LogP contribution in [0, 0.1) is 19.7 Å². The van der Waals surface area contributed by atoms with Crippen LogP contribution in [0.25, 0.3) is 0 Å². The fourth-order valence-electron chi connectivity index (χ4n) is 1.92. The summed E-state index contributed by atoms with van der Waals surface area (Å²) in [5.41, 5.74) is 0.931. The zero-order valence-corrected chi connectivity index (χ0v) is 12.8. The molecule has 1 heterocycles. The lowest BCUT2D eigenvalue weighted by atomic mass is 10.2. The van der Waals surface area contributed by atoms with E-state index in [1.165, 1.54) is 24.4 Å². The Morgan fingerprint density at radius 1 is 1.29 bits per heavy atom. The third-order valence-electron chi connectivity index (χ3n) is 2.68. The standard InChI is InChI=1S/C13H12FNO4S2/c1-7-3-9(14)5-10(4-7)15-21(18,19)12-8(2)6-20-11(12)13(16)17/h3-6,15H,1-2H3,(H,16,17). The molecule has 21 heavy (non-hydrogen) atoms. The van der Waals surface area contributed by atoms with Crippen molar-refractivity contribution in [1.29, 1.82) is 0 Å². The molecule has 0 bridgehead atoms. The van der Waals surface area contributed by atoms with Gasteiger partial charge in [0, 0.05) is 0 Å². The average Bonchev–Trinajstić information content (AvgIpc) is 2.69. The smallest absolute Gasteiger partial charge is 0.347 e. The average molecular weight is 329 g/mol. The van der Waals surface area contributed by atoms with Gasteiger partial charge in [0.05, 0.1) is 5.69 Å². The van der Waals surface area contributed by atoms with Crippen molar-refractivity contribution >= 4 is 33.0 Å². The maximum atomic E-state index is 13.3. The van der Waals surface area contributed by atoms with Crippen LogP contribution < -0.4 is 4.72 Å². The Labute approximate surface area is 125 Å². The van der Waals surface area contributed by atoms with Gasteiger partial charge in [-0.05, 0) is 48.6 Å². The van der Waals surface area contributed by atoms with Crippen LogP contribution in [0.1, 0.15) is 20.8 Å². The molecule has 8 heteroatoms. The number of carboxylic acids is 1. The van der Waals surface area contributed by atoms with Crippen molar-refractivity contribution in [3.05, 3.63) is 45.4 Å². The minimum atomic E-state index is -4.10. The topological polar surface area (TPSA) is 83.5 Å². The quantitative estimate of drug-likeness (QED) is 0.903. The van der Waals surface area contributed by atoms with Crippen molar-refractivity contribution in [2.24, 2.45) is 0 Å². The van der Waals surface area contributed by atoms with Crippen molar-refractivity contribution in [1.82, 2.24) is 0 Å². The van der Waals surface area contributed by atoms with Crippen molar-refractivity contribution in [2.45, 2.75) is 18.7 Å². The van der Waals surface area contributed by atoms with Crippen LogP contribution in [0.15, 0.2) is 28.5 Å². The molecular formula is C13H12FNO4S2. The molecule has 5 nitrogen and oxygen atoms in total. The molecule has 0 aliphatic heterocycles. The van der Waals surface area contributed by atoms with Crippen LogP contribution >= 0.6 is 11.3 Å². The van der Waals surface area contributed by atoms with Crippen LogP contribution in [0.3, 0.4) is 0 Å². The molecule has 2 aromatic rings. The molecule has 0 radical (unpaired) electrons. The number of halogens is 1. The predicted octanol–water partition coefficient (Wildman–Crippen LogP) is 3.00. The van der Waals surface area contributed by atoms with Crippen LogP contribution in [0.5, 0.6) is 0 Å². The molecule has 1 aromatic heterocycles. The summed E-state index contributed by atoms with van der Waals surface area (Å²) in [5, 5.41) is 10.5. The molecule has 0 saturated heterocycles. The Morgan fingerprint density at radius 3 is 2.52 bits per heavy atom. The van der Waals surface area contributed by atoms with Crippen molar-refractivity contribution in [3.63, 3.8) is 0 Å². The number of hydrogen-bond donors (Lipinski definition) is 2. The van der Waals surface area contributed by atoms with Gasteiger partial charge in [-0.25, -0.2) is 17.6 Å². The van der Waals surface area contributed by atoms with Gasteiger partial charge >= 0.3 is 5.97 Å². The number of carbonyl (C=O) groups is 1. The maximum Gasteiger partial charge on any atom is 0.347 e. The van der Waals surface area contributed by atoms with E-state index in [1.54, 1.807) is 6.92 Å². The number of aryl methyl sites for hydroxylation is 2. The molecule has 0 unspecified atom stereocenters. The molecule has 0 fully saturated rings. The van der Waals surface area contributed by atoms with Gasteiger partial charge in [-0.2, -0.15) is 0 Å². The van der Waals surface area contributed by atoms with E-state index in [9.17, 15) is 17.6 Å². The number of sulfonamides is 1. The molecular weight excluding hydrogens is 317 g/mol. The summed E-state index contributed by atoms with van der Waals surface area (Å²) in [6, 6.07) is 3.76. The lowest BCUT2D eigenvalue weighted by molar-refractivity contribution is 0.0698. The summed E-state index contributed by atoms with van der Waals surface area (Å²) in [6.45, 7) is 3.13. The second kappa shape index (κ2) is 5.45. The molecule has 0 aliphatic carbocycles. The first-order valence-electron chi connectivity index (χ1n) is 5.82. The fraction of sp³-hybridized carbons (Fsp3) is 0.154. The number of hydrogen-bond acceptors (Lipinski definition) is 4. The summed E-state index contributed by atoms with van der Waals surface area (Å²) in [7, 11) is -4.10. The SMILES string of the molecule is Cc1cc(F)cc(NS(=O)(=O)c2c(C)csc2C(=O)O)c1. The monoisotopic (exact) mass is 329 g/mol. The summed E-state index contributed by atoms with van der Waals surface area (Å²) >= 11 is 0.835. The zero-order chi connectivity index (χ0) is 15.8. The van der Waals surface area contributed by atoms with Crippen molar-refractivity contribution in [2.75, 3.05) is 4.72 Å². The highest BCUT2D eigenvalue weighted by molar-refractivity contribution is 7.93. The van der Waals surface area contributed by atoms with Gasteiger partial charge in [0.1, 0.15) is 15.6 Å². The van der Waals surface area contributed by atoms with Crippen molar-refractivity contribution in [3.8, 4) is 0 Å². The number of aromatic carboxylic acids is 1. The van der Waals surface area contributed by atoms with Crippen molar-refractivity contribution < 1.29 is 22.7 Å². The molecule has 0 amide bonds. The number of anilines is 1. The lowest BCUT2D eigenvalue weighted by Crippen LogP contribution is -2.16. The van der Waals surface area contributed by atoms with E-state index in [-0.39, 0.29) is 15.5 Å². The van der Waals surface area contributed by atoms with Gasteiger partial charge in [0.15, 0.2) is 0 Å².